The van der Waals surface area contributed by atoms with Crippen molar-refractivity contribution in [2.75, 3.05) is 0 Å². The molecule has 0 aliphatic carbocycles. The molecule has 0 saturated carbocycles. The monoisotopic (exact) mass is 2190 g/mol. The minimum Gasteiger partial charge on any atom is -0.340 e. The quantitative estimate of drug-likeness (QED) is 0.146. The standard InChI is InChI=1S/C22H22N3.C19H9N4.C18H11N4.C18H10N3.C16H12N3.4Ir/c1-15(2)19-9-6-10-20(16(3)4)21(19)25-12-11-24-22(25)18-8-5-7-17(13-18)14-23;1-20-13-5-3-6-15(11-13)23-18-9-8-14(21-2)12-17(18)16-7-4-10-22-19(16)23;1-19-13-10-12-6-8-21-9-7-20-18(21)22-16-5-3-2-4-14(16)15(11-13)17(12)22;1-19-13-6-4-7-14(12-13)21-17-10-3-2-8-15(17)16-9-5-11-20-18(16)21;1-18-11-10-17-16(18)19-14-8-4-2-6-12(14)13-7-3-5-9-15(13)19;;;;/h5-7,9-13,15-16H,1-4H3;3-5,7-12H;2-4,7,9-11H,6,8H2;2-6,8-12H;2-8,10-11H,1H3;;;;/q5*-1;;;;. The van der Waals surface area contributed by atoms with Gasteiger partial charge in [-0.15, -0.1) is 52.7 Å². The Labute approximate surface area is 712 Å². The summed E-state index contributed by atoms with van der Waals surface area (Å²) in [4.78, 5) is 36.7. The number of aryl methyl sites for hydroxylation is 3. The number of hydrogen-bond donors (Lipinski definition) is 0. The molecule has 17 nitrogen and oxygen atoms in total. The second-order valence-corrected chi connectivity index (χ2v) is 26.8. The van der Waals surface area contributed by atoms with Crippen molar-refractivity contribution in [3.63, 3.8) is 0 Å². The van der Waals surface area contributed by atoms with Crippen molar-refractivity contribution in [3.05, 3.63) is 360 Å². The fourth-order valence-electron chi connectivity index (χ4n) is 14.7. The number of aromatic nitrogens is 12. The van der Waals surface area contributed by atoms with Gasteiger partial charge in [0.15, 0.2) is 11.4 Å². The van der Waals surface area contributed by atoms with E-state index in [1.54, 1.807) is 60.9 Å². The topological polar surface area (TPSA) is 140 Å². The maximum Gasteiger partial charge on any atom is 0.212 e. The Kier molecular flexibility index (Phi) is 25.1. The summed E-state index contributed by atoms with van der Waals surface area (Å²) in [6.07, 6.45) is 15.9. The first kappa shape index (κ1) is 80.9. The van der Waals surface area contributed by atoms with Crippen LogP contribution in [0.3, 0.4) is 0 Å². The number of imidazole rings is 3. The summed E-state index contributed by atoms with van der Waals surface area (Å²) in [5.74, 6) is 3.45. The van der Waals surface area contributed by atoms with E-state index >= 15 is 0 Å². The van der Waals surface area contributed by atoms with E-state index < -0.39 is 0 Å². The first-order valence-corrected chi connectivity index (χ1v) is 35.7. The Bertz CT molecular complexity index is 6880. The smallest absolute Gasteiger partial charge is 0.212 e. The fourth-order valence-corrected chi connectivity index (χ4v) is 14.7. The maximum atomic E-state index is 9.19. The molecular weight excluding hydrogens is 2120 g/mol. The molecule has 20 rings (SSSR count). The Morgan fingerprint density at radius 3 is 1.54 bits per heavy atom. The molecule has 0 bridgehead atoms. The zero-order valence-electron chi connectivity index (χ0n) is 61.8. The summed E-state index contributed by atoms with van der Waals surface area (Å²) in [7, 11) is 2.01. The van der Waals surface area contributed by atoms with E-state index in [-0.39, 0.29) is 80.4 Å². The molecule has 0 atom stereocenters. The summed E-state index contributed by atoms with van der Waals surface area (Å²) in [6, 6.07) is 87.2. The Hall–Kier alpha value is -12.6. The molecule has 1 aliphatic heterocycles. The van der Waals surface area contributed by atoms with Crippen molar-refractivity contribution in [1.82, 2.24) is 56.9 Å². The van der Waals surface area contributed by atoms with Crippen LogP contribution < -0.4 is 0 Å². The first-order valence-electron chi connectivity index (χ1n) is 35.7. The number of rotatable bonds is 7. The van der Waals surface area contributed by atoms with Crippen molar-refractivity contribution >= 4 is 110 Å². The van der Waals surface area contributed by atoms with Gasteiger partial charge < -0.3 is 32.0 Å². The van der Waals surface area contributed by atoms with Gasteiger partial charge in [0.1, 0.15) is 11.3 Å². The third-order valence-electron chi connectivity index (χ3n) is 19.6. The number of pyridine rings is 2. The van der Waals surface area contributed by atoms with Crippen LogP contribution in [-0.4, -0.2) is 56.9 Å². The molecule has 0 fully saturated rings. The van der Waals surface area contributed by atoms with Crippen LogP contribution in [0.1, 0.15) is 61.8 Å². The van der Waals surface area contributed by atoms with E-state index in [4.69, 9.17) is 26.3 Å². The molecule has 10 aromatic carbocycles. The van der Waals surface area contributed by atoms with Gasteiger partial charge in [0.2, 0.25) is 11.9 Å². The molecular formula is C93H64Ir4N17-5. The molecule has 0 saturated heterocycles. The minimum absolute atomic E-state index is 0. The van der Waals surface area contributed by atoms with E-state index in [0.29, 0.717) is 40.1 Å². The van der Waals surface area contributed by atoms with Crippen molar-refractivity contribution in [3.8, 4) is 46.4 Å². The average Bonchev–Trinajstić information content (AvgIpc) is 1.57. The molecule has 1 aliphatic rings. The maximum absolute atomic E-state index is 9.19. The molecule has 114 heavy (non-hydrogen) atoms. The molecule has 0 N–H and O–H groups in total. The van der Waals surface area contributed by atoms with Gasteiger partial charge in [-0.25, -0.2) is 29.6 Å². The van der Waals surface area contributed by atoms with Gasteiger partial charge >= 0.3 is 0 Å². The van der Waals surface area contributed by atoms with Crippen LogP contribution in [0.25, 0.3) is 147 Å². The van der Waals surface area contributed by atoms with Crippen LogP contribution in [0.15, 0.2) is 262 Å². The SMILES string of the molecule is CC(C)c1cccc(C(C)C)c1-n1ccnc1-c1[c-]ccc(C#N)c1.Cn1ccnc1-n1c2[c-]cccc2c2ccccc21.[C-]#[N+]c1cc2c3c(c1)c1ccc[c-]c1n3-c1nccn1CC2.[C-]#[N+]c1cc[c-]c(-n2c3ccc([N+]#[C-])cc3c3cccnc32)c1.[C-]#[N+]c1cc[c-]c(-n2c3ccccc3c3cccnc32)c1.[Ir].[Ir].[Ir].[Ir]. The van der Waals surface area contributed by atoms with Crippen LogP contribution in [0, 0.1) is 68.0 Å². The second kappa shape index (κ2) is 35.4. The predicted octanol–water partition coefficient (Wildman–Crippen LogP) is 22.3. The number of benzene rings is 10. The zero-order chi connectivity index (χ0) is 75.5. The van der Waals surface area contributed by atoms with Gasteiger partial charge in [-0.3, -0.25) is 14.7 Å². The van der Waals surface area contributed by atoms with Crippen LogP contribution >= 0.6 is 0 Å². The van der Waals surface area contributed by atoms with Crippen molar-refractivity contribution < 1.29 is 80.4 Å². The Balaban J connectivity index is 0.000000131. The predicted molar refractivity (Wildman–Crippen MR) is 436 cm³/mol. The fraction of sp³-hybridized carbons (Fsp3) is 0.0968. The van der Waals surface area contributed by atoms with Crippen LogP contribution in [0.2, 0.25) is 0 Å². The third-order valence-corrected chi connectivity index (χ3v) is 19.6. The molecule has 21 heteroatoms. The average molecular weight is 2190 g/mol. The summed E-state index contributed by atoms with van der Waals surface area (Å²) < 4.78 is 14.7. The van der Waals surface area contributed by atoms with Gasteiger partial charge in [0.05, 0.1) is 60.6 Å². The molecule has 0 unspecified atom stereocenters. The molecule has 562 valence electrons. The number of nitrogens with zero attached hydrogens (tertiary/aromatic N) is 17. The van der Waals surface area contributed by atoms with E-state index in [1.165, 1.54) is 33.2 Å². The summed E-state index contributed by atoms with van der Waals surface area (Å²) >= 11 is 0. The summed E-state index contributed by atoms with van der Waals surface area (Å²) in [6.45, 7) is 38.7. The summed E-state index contributed by atoms with van der Waals surface area (Å²) in [5, 5.41) is 18.1. The van der Waals surface area contributed by atoms with Gasteiger partial charge in [-0.2, -0.15) is 90.2 Å². The molecule has 10 heterocycles. The zero-order valence-corrected chi connectivity index (χ0v) is 71.4. The number of para-hydroxylation sites is 5. The van der Waals surface area contributed by atoms with Gasteiger partial charge in [0.25, 0.3) is 0 Å². The normalized spacial score (nSPS) is 11.0. The van der Waals surface area contributed by atoms with Crippen molar-refractivity contribution in [1.29, 1.82) is 5.26 Å². The Morgan fingerprint density at radius 2 is 0.939 bits per heavy atom. The van der Waals surface area contributed by atoms with E-state index in [2.05, 4.69) is 204 Å². The van der Waals surface area contributed by atoms with E-state index in [9.17, 15) is 5.26 Å². The van der Waals surface area contributed by atoms with E-state index in [0.717, 1.165) is 124 Å². The molecule has 0 spiro atoms. The summed E-state index contributed by atoms with van der Waals surface area (Å²) in [5.41, 5.74) is 18.6. The minimum atomic E-state index is 0. The second-order valence-electron chi connectivity index (χ2n) is 26.8. The largest absolute Gasteiger partial charge is 0.340 e. The molecule has 9 aromatic heterocycles. The third kappa shape index (κ3) is 15.2. The Morgan fingerprint density at radius 1 is 0.421 bits per heavy atom. The first-order chi connectivity index (χ1) is 53.9. The van der Waals surface area contributed by atoms with Crippen LogP contribution in [0.5, 0.6) is 0 Å². The van der Waals surface area contributed by atoms with E-state index in [1.807, 2.05) is 144 Å². The molecule has 19 aromatic rings. The van der Waals surface area contributed by atoms with Crippen molar-refractivity contribution in [2.24, 2.45) is 7.05 Å². The van der Waals surface area contributed by atoms with Crippen LogP contribution in [0.4, 0.5) is 22.7 Å². The van der Waals surface area contributed by atoms with Crippen molar-refractivity contribution in [2.45, 2.75) is 52.5 Å². The number of hydrogen-bond acceptors (Lipinski definition) is 6. The molecule has 0 amide bonds. The van der Waals surface area contributed by atoms with Gasteiger partial charge in [-0.1, -0.05) is 128 Å². The van der Waals surface area contributed by atoms with Crippen LogP contribution in [-0.2, 0) is 100 Å². The number of nitriles is 1. The molecule has 4 radical (unpaired) electrons. The number of fused-ring (bicyclic) bond motifs is 14. The van der Waals surface area contributed by atoms with Gasteiger partial charge in [0, 0.05) is 176 Å². The van der Waals surface area contributed by atoms with Gasteiger partial charge in [-0.05, 0) is 99.8 Å².